The summed E-state index contributed by atoms with van der Waals surface area (Å²) in [5.41, 5.74) is 7.66. The van der Waals surface area contributed by atoms with E-state index in [4.69, 9.17) is 15.2 Å². The van der Waals surface area contributed by atoms with Crippen LogP contribution in [-0.4, -0.2) is 60.3 Å². The Balaban J connectivity index is 1.29. The second-order valence-electron chi connectivity index (χ2n) is 8.74. The largest absolute Gasteiger partial charge is 0.385 e. The van der Waals surface area contributed by atoms with Gasteiger partial charge >= 0.3 is 0 Å². The van der Waals surface area contributed by atoms with Gasteiger partial charge in [-0.3, -0.25) is 0 Å². The lowest BCUT2D eigenvalue weighted by molar-refractivity contribution is -0.0891. The van der Waals surface area contributed by atoms with Crippen LogP contribution in [0.3, 0.4) is 0 Å². The van der Waals surface area contributed by atoms with Gasteiger partial charge in [0.05, 0.1) is 28.4 Å². The van der Waals surface area contributed by atoms with Crippen molar-refractivity contribution in [3.63, 3.8) is 0 Å². The van der Waals surface area contributed by atoms with Crippen LogP contribution >= 0.6 is 15.9 Å². The van der Waals surface area contributed by atoms with Gasteiger partial charge in [-0.1, -0.05) is 12.1 Å². The molecule has 0 aliphatic carbocycles. The maximum Gasteiger partial charge on any atom is 0.164 e. The molecule has 170 valence electrons. The molecule has 33 heavy (non-hydrogen) atoms. The number of benzene rings is 1. The van der Waals surface area contributed by atoms with Gasteiger partial charge < -0.3 is 30.0 Å². The summed E-state index contributed by atoms with van der Waals surface area (Å²) in [6.45, 7) is 1.89. The Labute approximate surface area is 197 Å². The number of halogens is 1. The van der Waals surface area contributed by atoms with E-state index in [0.717, 1.165) is 32.0 Å². The van der Waals surface area contributed by atoms with Gasteiger partial charge in [-0.2, -0.15) is 0 Å². The van der Waals surface area contributed by atoms with E-state index < -0.39 is 30.1 Å². The number of aliphatic hydroxyl groups is 2. The molecule has 2 aliphatic rings. The van der Waals surface area contributed by atoms with E-state index in [1.54, 1.807) is 10.8 Å². The molecule has 2 fully saturated rings. The van der Waals surface area contributed by atoms with Crippen molar-refractivity contribution in [2.45, 2.75) is 43.5 Å². The molecular weight excluding hydrogens is 490 g/mol. The molecule has 9 nitrogen and oxygen atoms in total. The monoisotopic (exact) mass is 511 g/mol. The van der Waals surface area contributed by atoms with Crippen LogP contribution in [0.15, 0.2) is 47.3 Å². The third kappa shape index (κ3) is 3.17. The van der Waals surface area contributed by atoms with Crippen molar-refractivity contribution in [2.24, 2.45) is 0 Å². The third-order valence-corrected chi connectivity index (χ3v) is 7.34. The van der Waals surface area contributed by atoms with Crippen molar-refractivity contribution in [1.29, 1.82) is 0 Å². The molecule has 1 unspecified atom stereocenters. The summed E-state index contributed by atoms with van der Waals surface area (Å²) in [5, 5.41) is 24.2. The number of anilines is 1. The van der Waals surface area contributed by atoms with Gasteiger partial charge in [0.15, 0.2) is 6.23 Å². The lowest BCUT2D eigenvalue weighted by Crippen LogP contribution is -2.48. The number of aromatic nitrogens is 4. The van der Waals surface area contributed by atoms with Gasteiger partial charge in [0.25, 0.3) is 0 Å². The first-order valence-electron chi connectivity index (χ1n) is 10.7. The van der Waals surface area contributed by atoms with Gasteiger partial charge in [0.1, 0.15) is 35.6 Å². The Morgan fingerprint density at radius 2 is 2.12 bits per heavy atom. The number of aryl methyl sites for hydroxylation is 1. The minimum atomic E-state index is -1.52. The molecule has 5 atom stereocenters. The number of nitrogens with two attached hydrogens (primary N) is 1. The molecule has 2 saturated heterocycles. The zero-order chi connectivity index (χ0) is 22.9. The molecule has 4 aromatic rings. The Hall–Kier alpha value is -2.63. The lowest BCUT2D eigenvalue weighted by Gasteiger charge is -2.24. The van der Waals surface area contributed by atoms with Gasteiger partial charge in [0, 0.05) is 23.4 Å². The van der Waals surface area contributed by atoms with Crippen molar-refractivity contribution in [3.8, 4) is 0 Å². The number of fused-ring (bicyclic) bond motifs is 3. The minimum Gasteiger partial charge on any atom is -0.385 e. The van der Waals surface area contributed by atoms with Crippen LogP contribution in [0.2, 0.25) is 0 Å². The van der Waals surface area contributed by atoms with Crippen LogP contribution < -0.4 is 5.73 Å². The molecule has 0 saturated carbocycles. The molecule has 3 aromatic heterocycles. The van der Waals surface area contributed by atoms with Crippen LogP contribution in [0.4, 0.5) is 5.82 Å². The number of nitrogens with zero attached hydrogens (tertiary/aromatic N) is 4. The Kier molecular flexibility index (Phi) is 4.72. The highest BCUT2D eigenvalue weighted by Gasteiger charge is 2.62. The highest BCUT2D eigenvalue weighted by atomic mass is 79.9. The van der Waals surface area contributed by atoms with E-state index in [1.165, 1.54) is 6.33 Å². The van der Waals surface area contributed by atoms with E-state index >= 15 is 0 Å². The van der Waals surface area contributed by atoms with Crippen molar-refractivity contribution in [1.82, 2.24) is 19.5 Å². The molecule has 6 rings (SSSR count). The van der Waals surface area contributed by atoms with Gasteiger partial charge in [-0.15, -0.1) is 0 Å². The number of ether oxygens (including phenoxy) is 2. The van der Waals surface area contributed by atoms with Crippen LogP contribution in [-0.2, 0) is 15.9 Å². The zero-order valence-electron chi connectivity index (χ0n) is 17.7. The Bertz CT molecular complexity index is 1390. The molecule has 0 amide bonds. The smallest absolute Gasteiger partial charge is 0.164 e. The van der Waals surface area contributed by atoms with Crippen LogP contribution in [0.25, 0.3) is 21.9 Å². The molecule has 4 N–H and O–H groups in total. The number of pyridine rings is 1. The normalized spacial score (nSPS) is 29.2. The lowest BCUT2D eigenvalue weighted by atomic mass is 9.90. The first-order chi connectivity index (χ1) is 15.8. The Morgan fingerprint density at radius 1 is 1.27 bits per heavy atom. The molecule has 0 radical (unpaired) electrons. The summed E-state index contributed by atoms with van der Waals surface area (Å²) < 4.78 is 14.6. The van der Waals surface area contributed by atoms with E-state index in [-0.39, 0.29) is 6.61 Å². The molecule has 0 spiro atoms. The van der Waals surface area contributed by atoms with Gasteiger partial charge in [-0.05, 0) is 46.6 Å². The van der Waals surface area contributed by atoms with Gasteiger partial charge in [-0.25, -0.2) is 15.0 Å². The fourth-order valence-corrected chi connectivity index (χ4v) is 5.25. The number of nitrogen functional groups attached to an aromatic ring is 1. The standard InChI is InChI=1S/C23H22BrN5O4/c1-11-14-4-5-29(21(14)27-10-26-11)22-18(30)23(31)9-32-17(19(23)33-22)7-12-2-3-13-8-15(24)20(25)28-16(13)6-12/h2-6,8,10,17-19,22,30-31H,7,9H2,1H3,(H2,25,28)/t17-,18?,19-,22-,23+/m1/s1. The number of aliphatic hydroxyl groups excluding tert-OH is 1. The first-order valence-corrected chi connectivity index (χ1v) is 11.4. The highest BCUT2D eigenvalue weighted by Crippen LogP contribution is 2.45. The van der Waals surface area contributed by atoms with Crippen LogP contribution in [0.1, 0.15) is 17.5 Å². The SMILES string of the molecule is Cc1ncnc2c1ccn2[C@@H]1O[C@@H]2[C@@H](Cc3ccc4cc(Br)c(N)nc4c3)OC[C@]2(O)C1O. The maximum absolute atomic E-state index is 11.3. The van der Waals surface area contributed by atoms with Crippen molar-refractivity contribution < 1.29 is 19.7 Å². The summed E-state index contributed by atoms with van der Waals surface area (Å²) in [6.07, 6.45) is 0.693. The van der Waals surface area contributed by atoms with Gasteiger partial charge in [0.2, 0.25) is 0 Å². The second kappa shape index (κ2) is 7.44. The topological polar surface area (TPSA) is 129 Å². The second-order valence-corrected chi connectivity index (χ2v) is 9.59. The quantitative estimate of drug-likeness (QED) is 0.382. The fraction of sp³-hybridized carbons (Fsp3) is 0.348. The first kappa shape index (κ1) is 20.9. The number of hydrogen-bond donors (Lipinski definition) is 3. The van der Waals surface area contributed by atoms with E-state index in [9.17, 15) is 10.2 Å². The zero-order valence-corrected chi connectivity index (χ0v) is 19.3. The average Bonchev–Trinajstić information content (AvgIpc) is 3.42. The number of rotatable bonds is 3. The van der Waals surface area contributed by atoms with Crippen molar-refractivity contribution in [2.75, 3.05) is 12.3 Å². The van der Waals surface area contributed by atoms with E-state index in [0.29, 0.717) is 17.9 Å². The molecule has 1 aromatic carbocycles. The summed E-state index contributed by atoms with van der Waals surface area (Å²) in [5.74, 6) is 0.425. The Morgan fingerprint density at radius 3 is 2.97 bits per heavy atom. The minimum absolute atomic E-state index is 0.0149. The predicted octanol–water partition coefficient (Wildman–Crippen LogP) is 2.26. The highest BCUT2D eigenvalue weighted by molar-refractivity contribution is 9.10. The average molecular weight is 512 g/mol. The molecule has 0 bridgehead atoms. The molecule has 10 heteroatoms. The molecule has 2 aliphatic heterocycles. The third-order valence-electron chi connectivity index (χ3n) is 6.71. The van der Waals surface area contributed by atoms with Crippen LogP contribution in [0.5, 0.6) is 0 Å². The van der Waals surface area contributed by atoms with E-state index in [1.807, 2.05) is 37.3 Å². The summed E-state index contributed by atoms with van der Waals surface area (Å²) >= 11 is 3.40. The summed E-state index contributed by atoms with van der Waals surface area (Å²) in [4.78, 5) is 13.0. The predicted molar refractivity (Wildman–Crippen MR) is 124 cm³/mol. The fourth-order valence-electron chi connectivity index (χ4n) is 4.91. The molecule has 5 heterocycles. The summed E-state index contributed by atoms with van der Waals surface area (Å²) in [7, 11) is 0. The molecular formula is C23H22BrN5O4. The van der Waals surface area contributed by atoms with E-state index in [2.05, 4.69) is 30.9 Å². The van der Waals surface area contributed by atoms with Crippen LogP contribution in [0, 0.1) is 6.92 Å². The van der Waals surface area contributed by atoms with Crippen molar-refractivity contribution in [3.05, 3.63) is 58.6 Å². The number of hydrogen-bond acceptors (Lipinski definition) is 8. The summed E-state index contributed by atoms with van der Waals surface area (Å²) in [6, 6.07) is 9.75. The van der Waals surface area contributed by atoms with Crippen molar-refractivity contribution >= 4 is 43.7 Å². The maximum atomic E-state index is 11.3.